The van der Waals surface area contributed by atoms with Crippen LogP contribution in [0.2, 0.25) is 0 Å². The highest BCUT2D eigenvalue weighted by atomic mass is 32.2. The molecule has 0 amide bonds. The highest BCUT2D eigenvalue weighted by Crippen LogP contribution is 2.35. The molecule has 1 heterocycles. The van der Waals surface area contributed by atoms with Crippen molar-refractivity contribution in [3.05, 3.63) is 59.2 Å². The van der Waals surface area contributed by atoms with Gasteiger partial charge in [-0.3, -0.25) is 9.35 Å². The molecule has 0 aliphatic heterocycles. The molecule has 1 unspecified atom stereocenters. The predicted octanol–water partition coefficient (Wildman–Crippen LogP) is 2.90. The van der Waals surface area contributed by atoms with E-state index in [-0.39, 0.29) is 28.5 Å². The molecular formula is C19H16F4N4O2S. The van der Waals surface area contributed by atoms with Crippen LogP contribution < -0.4 is 15.6 Å². The second-order valence-electron chi connectivity index (χ2n) is 6.38. The highest BCUT2D eigenvalue weighted by Gasteiger charge is 2.22. The Bertz CT molecular complexity index is 1270. The Balaban J connectivity index is 2.29. The van der Waals surface area contributed by atoms with Crippen molar-refractivity contribution in [1.29, 1.82) is 0 Å². The van der Waals surface area contributed by atoms with Gasteiger partial charge in [0.05, 0.1) is 7.11 Å². The van der Waals surface area contributed by atoms with Crippen molar-refractivity contribution >= 4 is 21.0 Å². The number of nitrogens with two attached hydrogens (primary N) is 2. The Morgan fingerprint density at radius 2 is 1.70 bits per heavy atom. The smallest absolute Gasteiger partial charge is 0.221 e. The number of hydrogen-bond donors (Lipinski definition) is 2. The first-order valence-electron chi connectivity index (χ1n) is 8.28. The minimum atomic E-state index is -3.08. The first kappa shape index (κ1) is 21.5. The highest BCUT2D eigenvalue weighted by molar-refractivity contribution is 7.98. The largest absolute Gasteiger partial charge is 0.496 e. The van der Waals surface area contributed by atoms with Gasteiger partial charge in [0.25, 0.3) is 0 Å². The number of aromatic nitrogens is 2. The van der Waals surface area contributed by atoms with Crippen LogP contribution in [0.25, 0.3) is 22.5 Å². The monoisotopic (exact) mass is 440 g/mol. The normalized spacial score (nSPS) is 13.0. The third-order valence-corrected chi connectivity index (χ3v) is 4.70. The summed E-state index contributed by atoms with van der Waals surface area (Å²) in [5.74, 6) is -4.69. The van der Waals surface area contributed by atoms with Crippen molar-refractivity contribution in [1.82, 2.24) is 9.97 Å². The molecule has 3 rings (SSSR count). The number of halogens is 4. The maximum atomic E-state index is 15.3. The maximum absolute atomic E-state index is 15.3. The van der Waals surface area contributed by atoms with Crippen LogP contribution in [0.5, 0.6) is 5.75 Å². The Morgan fingerprint density at radius 3 is 2.33 bits per heavy atom. The third kappa shape index (κ3) is 4.36. The molecule has 4 N–H and O–H groups in total. The van der Waals surface area contributed by atoms with Crippen LogP contribution in [-0.2, 0) is 9.71 Å². The van der Waals surface area contributed by atoms with E-state index in [4.69, 9.17) is 15.6 Å². The number of ether oxygens (including phenoxy) is 1. The molecule has 1 aromatic heterocycles. The number of hydrogen-bond acceptors (Lipinski definition) is 5. The molecule has 30 heavy (non-hydrogen) atoms. The van der Waals surface area contributed by atoms with E-state index in [0.29, 0.717) is 6.07 Å². The van der Waals surface area contributed by atoms with Crippen molar-refractivity contribution in [2.75, 3.05) is 19.1 Å². The number of methoxy groups -OCH3 is 1. The van der Waals surface area contributed by atoms with Crippen molar-refractivity contribution in [2.24, 2.45) is 5.14 Å². The molecule has 2 aromatic carbocycles. The molecule has 0 aliphatic rings. The maximum Gasteiger partial charge on any atom is 0.221 e. The van der Waals surface area contributed by atoms with Gasteiger partial charge in [-0.1, -0.05) is 0 Å². The molecule has 11 heteroatoms. The van der Waals surface area contributed by atoms with Crippen LogP contribution in [0.1, 0.15) is 5.56 Å². The van der Waals surface area contributed by atoms with E-state index in [1.807, 2.05) is 0 Å². The summed E-state index contributed by atoms with van der Waals surface area (Å²) in [5, 5.41) is 6.23. The van der Waals surface area contributed by atoms with Gasteiger partial charge in [-0.05, 0) is 24.3 Å². The van der Waals surface area contributed by atoms with Gasteiger partial charge in [-0.2, -0.15) is 0 Å². The summed E-state index contributed by atoms with van der Waals surface area (Å²) < 4.78 is 73.9. The average molecular weight is 440 g/mol. The molecule has 158 valence electrons. The summed E-state index contributed by atoms with van der Waals surface area (Å²) in [6, 6.07) is 5.06. The van der Waals surface area contributed by atoms with E-state index in [1.54, 1.807) is 0 Å². The quantitative estimate of drug-likeness (QED) is 0.480. The van der Waals surface area contributed by atoms with Gasteiger partial charge in [-0.25, -0.2) is 27.5 Å². The third-order valence-electron chi connectivity index (χ3n) is 3.98. The van der Waals surface area contributed by atoms with Gasteiger partial charge in [0.1, 0.15) is 23.0 Å². The molecule has 0 spiro atoms. The summed E-state index contributed by atoms with van der Waals surface area (Å²) in [5.41, 5.74) is 4.35. The number of benzene rings is 2. The Kier molecular flexibility index (Phi) is 5.68. The number of anilines is 1. The fraction of sp³-hybridized carbons (Fsp3) is 0.105. The van der Waals surface area contributed by atoms with Crippen molar-refractivity contribution in [2.45, 2.75) is 0 Å². The summed E-state index contributed by atoms with van der Waals surface area (Å²) in [4.78, 5) is 7.62. The minimum Gasteiger partial charge on any atom is -0.496 e. The number of nitrogen functional groups attached to an aromatic ring is 1. The van der Waals surface area contributed by atoms with Crippen molar-refractivity contribution in [3.63, 3.8) is 0 Å². The molecule has 0 aliphatic carbocycles. The Morgan fingerprint density at radius 1 is 1.03 bits per heavy atom. The average Bonchev–Trinajstić information content (AvgIpc) is 2.65. The molecule has 6 nitrogen and oxygen atoms in total. The van der Waals surface area contributed by atoms with E-state index >= 15 is 4.39 Å². The standard InChI is InChI=1S/C19H16F4N4O2S/c1-29-14-7-11(20)3-4-12(14)18-16(23)17(26-19(24)27-18)9-5-10(8-30(2,25)28)15(22)13(21)6-9/h3-8H,1-2H3,(H2,25,28)(H2,24,26,27). The van der Waals surface area contributed by atoms with Gasteiger partial charge >= 0.3 is 0 Å². The van der Waals surface area contributed by atoms with Gasteiger partial charge < -0.3 is 10.5 Å². The topological polar surface area (TPSA) is 104 Å². The lowest BCUT2D eigenvalue weighted by Gasteiger charge is -2.13. The van der Waals surface area contributed by atoms with Gasteiger partial charge in [0.2, 0.25) is 5.95 Å². The zero-order valence-corrected chi connectivity index (χ0v) is 16.6. The zero-order chi connectivity index (χ0) is 22.2. The van der Waals surface area contributed by atoms with Crippen LogP contribution in [-0.4, -0.2) is 32.9 Å². The van der Waals surface area contributed by atoms with E-state index in [1.165, 1.54) is 13.2 Å². The second kappa shape index (κ2) is 7.92. The fourth-order valence-corrected chi connectivity index (χ4v) is 3.46. The lowest BCUT2D eigenvalue weighted by molar-refractivity contribution is 0.412. The summed E-state index contributed by atoms with van der Waals surface area (Å²) in [7, 11) is -1.82. The van der Waals surface area contributed by atoms with Crippen LogP contribution in [0.15, 0.2) is 30.3 Å². The Hall–Kier alpha value is -3.18. The van der Waals surface area contributed by atoms with Gasteiger partial charge in [0, 0.05) is 44.1 Å². The molecule has 0 bridgehead atoms. The SMILES string of the molecule is COc1cc(F)ccc1-c1nc(N)nc(-c2cc(F)c(F)c(C=S(C)(N)=O)c2)c1F. The van der Waals surface area contributed by atoms with Crippen molar-refractivity contribution < 1.29 is 26.5 Å². The molecular weight excluding hydrogens is 424 g/mol. The number of nitrogens with zero attached hydrogens (tertiary/aromatic N) is 2. The number of rotatable bonds is 4. The fourth-order valence-electron chi connectivity index (χ4n) is 2.78. The van der Waals surface area contributed by atoms with Crippen LogP contribution >= 0.6 is 0 Å². The first-order valence-corrected chi connectivity index (χ1v) is 10.4. The summed E-state index contributed by atoms with van der Waals surface area (Å²) in [6.45, 7) is 0. The lowest BCUT2D eigenvalue weighted by atomic mass is 10.0. The summed E-state index contributed by atoms with van der Waals surface area (Å²) >= 11 is 0. The van der Waals surface area contributed by atoms with Crippen molar-refractivity contribution in [3.8, 4) is 28.3 Å². The predicted molar refractivity (Wildman–Crippen MR) is 107 cm³/mol. The second-order valence-corrected chi connectivity index (χ2v) is 8.55. The molecule has 3 aromatic rings. The molecule has 0 saturated carbocycles. The van der Waals surface area contributed by atoms with Crippen LogP contribution in [0.4, 0.5) is 23.5 Å². The van der Waals surface area contributed by atoms with Crippen LogP contribution in [0, 0.1) is 23.3 Å². The molecule has 1 atom stereocenters. The molecule has 0 radical (unpaired) electrons. The van der Waals surface area contributed by atoms with Gasteiger partial charge in [-0.15, -0.1) is 0 Å². The Labute approximate surface area is 169 Å². The van der Waals surface area contributed by atoms with E-state index in [9.17, 15) is 17.4 Å². The lowest BCUT2D eigenvalue weighted by Crippen LogP contribution is -2.14. The first-order chi connectivity index (χ1) is 14.0. The van der Waals surface area contributed by atoms with E-state index in [2.05, 4.69) is 9.97 Å². The van der Waals surface area contributed by atoms with Crippen LogP contribution in [0.3, 0.4) is 0 Å². The summed E-state index contributed by atoms with van der Waals surface area (Å²) in [6.07, 6.45) is 1.12. The van der Waals surface area contributed by atoms with E-state index in [0.717, 1.165) is 29.8 Å². The van der Waals surface area contributed by atoms with Gasteiger partial charge in [0.15, 0.2) is 17.5 Å². The minimum absolute atomic E-state index is 0.0221. The zero-order valence-electron chi connectivity index (χ0n) is 15.7. The molecule has 0 saturated heterocycles. The van der Waals surface area contributed by atoms with E-state index < -0.39 is 44.2 Å². The molecule has 0 fully saturated rings.